The smallest absolute Gasteiger partial charge is 0.257 e. The molecule has 21 heavy (non-hydrogen) atoms. The summed E-state index contributed by atoms with van der Waals surface area (Å²) in [7, 11) is 0. The largest absolute Gasteiger partial charge is 0.322 e. The molecule has 106 valence electrons. The van der Waals surface area contributed by atoms with Gasteiger partial charge in [0.2, 0.25) is 0 Å². The second kappa shape index (κ2) is 5.01. The van der Waals surface area contributed by atoms with E-state index >= 15 is 0 Å². The Labute approximate surface area is 122 Å². The van der Waals surface area contributed by atoms with Crippen molar-refractivity contribution in [2.75, 3.05) is 5.32 Å². The molecule has 0 saturated heterocycles. The molecule has 0 saturated carbocycles. The molecule has 5 nitrogen and oxygen atoms in total. The summed E-state index contributed by atoms with van der Waals surface area (Å²) in [5, 5.41) is 10.9. The number of benzene rings is 1. The van der Waals surface area contributed by atoms with Crippen LogP contribution < -0.4 is 5.32 Å². The van der Waals surface area contributed by atoms with Gasteiger partial charge in [-0.25, -0.2) is 0 Å². The van der Waals surface area contributed by atoms with E-state index in [1.165, 1.54) is 0 Å². The predicted molar refractivity (Wildman–Crippen MR) is 81.6 cm³/mol. The quantitative estimate of drug-likeness (QED) is 0.785. The van der Waals surface area contributed by atoms with Crippen LogP contribution in [0.1, 0.15) is 27.3 Å². The molecule has 1 amide bonds. The summed E-state index contributed by atoms with van der Waals surface area (Å²) in [5.41, 5.74) is 4.35. The van der Waals surface area contributed by atoms with Crippen LogP contribution in [-0.4, -0.2) is 20.5 Å². The first kappa shape index (κ1) is 13.3. The Morgan fingerprint density at radius 3 is 2.48 bits per heavy atom. The van der Waals surface area contributed by atoms with Crippen molar-refractivity contribution in [1.29, 1.82) is 0 Å². The van der Waals surface area contributed by atoms with Crippen molar-refractivity contribution in [3.8, 4) is 0 Å². The Morgan fingerprint density at radius 2 is 1.76 bits per heavy atom. The lowest BCUT2D eigenvalue weighted by atomic mass is 10.1. The highest BCUT2D eigenvalue weighted by Crippen LogP contribution is 2.15. The number of aromatic nitrogens is 3. The molecule has 0 aliphatic carbocycles. The molecule has 5 heteroatoms. The highest BCUT2D eigenvalue weighted by Gasteiger charge is 2.09. The fraction of sp³-hybridized carbons (Fsp3) is 0.188. The van der Waals surface area contributed by atoms with Crippen LogP contribution in [0.25, 0.3) is 5.65 Å². The molecule has 0 unspecified atom stereocenters. The molecule has 0 radical (unpaired) electrons. The molecular formula is C16H16N4O. The third kappa shape index (κ3) is 2.63. The number of nitrogens with zero attached hydrogens (tertiary/aromatic N) is 3. The van der Waals surface area contributed by atoms with Crippen LogP contribution in [0, 0.1) is 20.8 Å². The Kier molecular flexibility index (Phi) is 3.17. The van der Waals surface area contributed by atoms with Crippen molar-refractivity contribution < 1.29 is 4.79 Å². The van der Waals surface area contributed by atoms with Gasteiger partial charge in [0.15, 0.2) is 5.65 Å². The van der Waals surface area contributed by atoms with E-state index < -0.39 is 0 Å². The van der Waals surface area contributed by atoms with E-state index in [1.807, 2.05) is 32.9 Å². The Hall–Kier alpha value is -2.69. The van der Waals surface area contributed by atoms with E-state index in [1.54, 1.807) is 22.7 Å². The predicted octanol–water partition coefficient (Wildman–Crippen LogP) is 2.91. The minimum absolute atomic E-state index is 0.144. The number of nitrogens with one attached hydrogen (secondary N) is 1. The van der Waals surface area contributed by atoms with Gasteiger partial charge >= 0.3 is 0 Å². The number of carbonyl (C=O) groups is 1. The van der Waals surface area contributed by atoms with Gasteiger partial charge in [0.1, 0.15) is 5.82 Å². The van der Waals surface area contributed by atoms with Crippen LogP contribution >= 0.6 is 0 Å². The molecule has 1 N–H and O–H groups in total. The Morgan fingerprint density at radius 1 is 1.05 bits per heavy atom. The van der Waals surface area contributed by atoms with E-state index in [9.17, 15) is 4.79 Å². The number of pyridine rings is 1. The van der Waals surface area contributed by atoms with Crippen LogP contribution in [-0.2, 0) is 0 Å². The topological polar surface area (TPSA) is 59.3 Å². The summed E-state index contributed by atoms with van der Waals surface area (Å²) < 4.78 is 1.80. The van der Waals surface area contributed by atoms with E-state index in [-0.39, 0.29) is 5.91 Å². The monoisotopic (exact) mass is 280 g/mol. The van der Waals surface area contributed by atoms with Gasteiger partial charge in [-0.15, -0.1) is 10.2 Å². The molecule has 0 spiro atoms. The number of aryl methyl sites for hydroxylation is 3. The second-order valence-electron chi connectivity index (χ2n) is 5.22. The summed E-state index contributed by atoms with van der Waals surface area (Å²) in [6.45, 7) is 5.87. The molecule has 0 aliphatic rings. The van der Waals surface area contributed by atoms with Gasteiger partial charge < -0.3 is 5.32 Å². The third-order valence-electron chi connectivity index (χ3n) is 3.31. The van der Waals surface area contributed by atoms with Gasteiger partial charge in [0.25, 0.3) is 5.91 Å². The molecule has 2 heterocycles. The van der Waals surface area contributed by atoms with Crippen LogP contribution in [0.2, 0.25) is 0 Å². The van der Waals surface area contributed by atoms with Crippen molar-refractivity contribution in [1.82, 2.24) is 14.6 Å². The number of anilines is 1. The van der Waals surface area contributed by atoms with Gasteiger partial charge in [0, 0.05) is 11.9 Å². The molecule has 3 rings (SSSR count). The molecule has 1 aromatic carbocycles. The standard InChI is InChI=1S/C16H16N4O/c1-10-6-11(2)8-14(7-10)17-16(21)13-4-5-15-19-18-12(3)20(15)9-13/h4-9H,1-3H3,(H,17,21). The van der Waals surface area contributed by atoms with Crippen LogP contribution in [0.15, 0.2) is 36.5 Å². The molecule has 0 aliphatic heterocycles. The summed E-state index contributed by atoms with van der Waals surface area (Å²) >= 11 is 0. The highest BCUT2D eigenvalue weighted by molar-refractivity contribution is 6.04. The minimum Gasteiger partial charge on any atom is -0.322 e. The van der Waals surface area contributed by atoms with Crippen LogP contribution in [0.3, 0.4) is 0 Å². The zero-order valence-corrected chi connectivity index (χ0v) is 12.2. The minimum atomic E-state index is -0.144. The van der Waals surface area contributed by atoms with Crippen LogP contribution in [0.5, 0.6) is 0 Å². The third-order valence-corrected chi connectivity index (χ3v) is 3.31. The highest BCUT2D eigenvalue weighted by atomic mass is 16.1. The summed E-state index contributed by atoms with van der Waals surface area (Å²) in [4.78, 5) is 12.3. The van der Waals surface area contributed by atoms with Gasteiger partial charge in [-0.05, 0) is 56.2 Å². The average Bonchev–Trinajstić information content (AvgIpc) is 2.79. The maximum Gasteiger partial charge on any atom is 0.257 e. The molecule has 3 aromatic rings. The van der Waals surface area contributed by atoms with Gasteiger partial charge in [0.05, 0.1) is 5.56 Å². The van der Waals surface area contributed by atoms with E-state index in [2.05, 4.69) is 21.6 Å². The Balaban J connectivity index is 1.91. The van der Waals surface area contributed by atoms with Crippen LogP contribution in [0.4, 0.5) is 5.69 Å². The number of hydrogen-bond acceptors (Lipinski definition) is 3. The van der Waals surface area contributed by atoms with Gasteiger partial charge in [-0.1, -0.05) is 6.07 Å². The number of amides is 1. The maximum atomic E-state index is 12.3. The zero-order valence-electron chi connectivity index (χ0n) is 12.2. The normalized spacial score (nSPS) is 10.8. The lowest BCUT2D eigenvalue weighted by Gasteiger charge is -2.08. The maximum absolute atomic E-state index is 12.3. The lowest BCUT2D eigenvalue weighted by Crippen LogP contribution is -2.13. The number of rotatable bonds is 2. The molecule has 0 fully saturated rings. The van der Waals surface area contributed by atoms with E-state index in [4.69, 9.17) is 0 Å². The van der Waals surface area contributed by atoms with Crippen molar-refractivity contribution in [3.63, 3.8) is 0 Å². The van der Waals surface area contributed by atoms with Crippen molar-refractivity contribution in [2.45, 2.75) is 20.8 Å². The molecule has 0 atom stereocenters. The zero-order chi connectivity index (χ0) is 15.0. The summed E-state index contributed by atoms with van der Waals surface area (Å²) in [6, 6.07) is 9.51. The summed E-state index contributed by atoms with van der Waals surface area (Å²) in [6.07, 6.45) is 1.75. The average molecular weight is 280 g/mol. The first-order chi connectivity index (χ1) is 10.0. The fourth-order valence-corrected chi connectivity index (χ4v) is 2.39. The van der Waals surface area contributed by atoms with Crippen molar-refractivity contribution in [3.05, 3.63) is 59.0 Å². The van der Waals surface area contributed by atoms with E-state index in [0.29, 0.717) is 5.56 Å². The Bertz CT molecular complexity index is 815. The first-order valence-corrected chi connectivity index (χ1v) is 6.74. The second-order valence-corrected chi connectivity index (χ2v) is 5.22. The van der Waals surface area contributed by atoms with Crippen molar-refractivity contribution in [2.24, 2.45) is 0 Å². The molecule has 0 bridgehead atoms. The first-order valence-electron chi connectivity index (χ1n) is 6.74. The number of carbonyl (C=O) groups excluding carboxylic acids is 1. The van der Waals surface area contributed by atoms with Gasteiger partial charge in [-0.3, -0.25) is 9.20 Å². The fourth-order valence-electron chi connectivity index (χ4n) is 2.39. The van der Waals surface area contributed by atoms with Gasteiger partial charge in [-0.2, -0.15) is 0 Å². The summed E-state index contributed by atoms with van der Waals surface area (Å²) in [5.74, 6) is 0.612. The lowest BCUT2D eigenvalue weighted by molar-refractivity contribution is 0.102. The van der Waals surface area contributed by atoms with Crippen molar-refractivity contribution >= 4 is 17.2 Å². The number of fused-ring (bicyclic) bond motifs is 1. The molecule has 2 aromatic heterocycles. The SMILES string of the molecule is Cc1cc(C)cc(NC(=O)c2ccc3nnc(C)n3c2)c1. The van der Waals surface area contributed by atoms with E-state index in [0.717, 1.165) is 28.3 Å². The molecular weight excluding hydrogens is 264 g/mol. The number of hydrogen-bond donors (Lipinski definition) is 1.